The van der Waals surface area contributed by atoms with E-state index in [4.69, 9.17) is 5.11 Å². The van der Waals surface area contributed by atoms with Gasteiger partial charge >= 0.3 is 11.9 Å². The van der Waals surface area contributed by atoms with Gasteiger partial charge in [-0.2, -0.15) is 0 Å². The Morgan fingerprint density at radius 2 is 1.32 bits per heavy atom. The van der Waals surface area contributed by atoms with Crippen molar-refractivity contribution in [2.24, 2.45) is 29.6 Å². The maximum atomic E-state index is 13.8. The van der Waals surface area contributed by atoms with Crippen molar-refractivity contribution in [3.05, 3.63) is 53.6 Å². The van der Waals surface area contributed by atoms with Gasteiger partial charge in [0.1, 0.15) is 5.75 Å². The van der Waals surface area contributed by atoms with Crippen LogP contribution in [0.25, 0.3) is 10.8 Å². The van der Waals surface area contributed by atoms with Crippen LogP contribution in [0.2, 0.25) is 0 Å². The number of carboxylic acids is 2. The minimum atomic E-state index is -1.14. The highest BCUT2D eigenvalue weighted by Crippen LogP contribution is 2.58. The molecule has 0 unspecified atom stereocenters. The van der Waals surface area contributed by atoms with Gasteiger partial charge in [0.25, 0.3) is 0 Å². The maximum Gasteiger partial charge on any atom is 0.305 e. The number of rotatable bonds is 7. The van der Waals surface area contributed by atoms with Crippen LogP contribution in [0.3, 0.4) is 0 Å². The zero-order valence-corrected chi connectivity index (χ0v) is 21.9. The van der Waals surface area contributed by atoms with E-state index in [1.807, 2.05) is 12.1 Å². The van der Waals surface area contributed by atoms with Gasteiger partial charge in [-0.15, -0.1) is 0 Å². The number of phenolic OH excluding ortho intramolecular Hbond substituents is 1. The molecular formula is C30H28N2O9. The van der Waals surface area contributed by atoms with Gasteiger partial charge in [0, 0.05) is 24.4 Å². The minimum Gasteiger partial charge on any atom is -0.507 e. The molecule has 11 nitrogen and oxygen atoms in total. The molecule has 2 aromatic carbocycles. The second-order valence-electron chi connectivity index (χ2n) is 11.2. The summed E-state index contributed by atoms with van der Waals surface area (Å²) in [6, 6.07) is 10.4. The zero-order valence-electron chi connectivity index (χ0n) is 21.9. The third-order valence-corrected chi connectivity index (χ3v) is 9.20. The number of likely N-dealkylation sites (tertiary alicyclic amines) is 2. The third kappa shape index (κ3) is 4.10. The summed E-state index contributed by atoms with van der Waals surface area (Å²) in [6.45, 7) is -0.500. The van der Waals surface area contributed by atoms with Crippen LogP contribution < -0.4 is 0 Å². The van der Waals surface area contributed by atoms with Crippen molar-refractivity contribution in [2.75, 3.05) is 13.1 Å². The van der Waals surface area contributed by atoms with Crippen LogP contribution in [0, 0.1) is 29.6 Å². The molecule has 0 spiro atoms. The number of benzene rings is 2. The van der Waals surface area contributed by atoms with Crippen LogP contribution in [0.4, 0.5) is 0 Å². The van der Waals surface area contributed by atoms with Gasteiger partial charge in [0.15, 0.2) is 0 Å². The molecule has 6 atom stereocenters. The van der Waals surface area contributed by atoms with Crippen molar-refractivity contribution in [3.8, 4) is 5.75 Å². The first-order chi connectivity index (χ1) is 19.6. The van der Waals surface area contributed by atoms with E-state index in [9.17, 15) is 39.0 Å². The van der Waals surface area contributed by atoms with Crippen molar-refractivity contribution in [1.82, 2.24) is 9.80 Å². The first-order valence-corrected chi connectivity index (χ1v) is 13.6. The van der Waals surface area contributed by atoms with Crippen LogP contribution in [0.5, 0.6) is 5.75 Å². The zero-order chi connectivity index (χ0) is 29.2. The first kappa shape index (κ1) is 26.7. The summed E-state index contributed by atoms with van der Waals surface area (Å²) in [7, 11) is 0. The van der Waals surface area contributed by atoms with Gasteiger partial charge in [-0.3, -0.25) is 38.6 Å². The number of hydrogen-bond acceptors (Lipinski definition) is 7. The number of carboxylic acid groups (broad SMARTS) is 2. The molecule has 6 rings (SSSR count). The molecule has 2 saturated heterocycles. The van der Waals surface area contributed by atoms with Crippen molar-refractivity contribution in [3.63, 3.8) is 0 Å². The topological polar surface area (TPSA) is 170 Å². The molecule has 2 aliphatic carbocycles. The lowest BCUT2D eigenvalue weighted by Gasteiger charge is -2.44. The smallest absolute Gasteiger partial charge is 0.305 e. The number of fused-ring (bicyclic) bond motifs is 5. The van der Waals surface area contributed by atoms with Gasteiger partial charge in [0.2, 0.25) is 23.6 Å². The fourth-order valence-corrected chi connectivity index (χ4v) is 7.50. The quantitative estimate of drug-likeness (QED) is 0.339. The van der Waals surface area contributed by atoms with Gasteiger partial charge in [0.05, 0.1) is 36.5 Å². The van der Waals surface area contributed by atoms with E-state index < -0.39 is 77.5 Å². The normalized spacial score (nSPS) is 28.9. The highest BCUT2D eigenvalue weighted by molar-refractivity contribution is 6.08. The summed E-state index contributed by atoms with van der Waals surface area (Å²) in [4.78, 5) is 78.8. The van der Waals surface area contributed by atoms with E-state index in [1.54, 1.807) is 24.3 Å². The molecule has 0 radical (unpaired) electrons. The molecule has 212 valence electrons. The number of aromatic hydroxyl groups is 1. The number of amides is 4. The number of nitrogens with zero attached hydrogens (tertiary/aromatic N) is 2. The summed E-state index contributed by atoms with van der Waals surface area (Å²) in [5.74, 6) is -8.41. The number of hydrogen-bond donors (Lipinski definition) is 3. The van der Waals surface area contributed by atoms with Gasteiger partial charge in [-0.05, 0) is 35.8 Å². The van der Waals surface area contributed by atoms with Crippen LogP contribution in [-0.4, -0.2) is 73.8 Å². The van der Waals surface area contributed by atoms with Crippen molar-refractivity contribution < 1.29 is 44.1 Å². The van der Waals surface area contributed by atoms with Crippen molar-refractivity contribution in [1.29, 1.82) is 0 Å². The number of carbonyl (C=O) groups is 6. The first-order valence-electron chi connectivity index (χ1n) is 13.6. The molecule has 2 heterocycles. The second kappa shape index (κ2) is 9.83. The number of aliphatic carboxylic acids is 2. The maximum absolute atomic E-state index is 13.8. The molecule has 1 saturated carbocycles. The van der Waals surface area contributed by atoms with Gasteiger partial charge in [-0.25, -0.2) is 0 Å². The predicted octanol–water partition coefficient (Wildman–Crippen LogP) is 2.13. The van der Waals surface area contributed by atoms with E-state index in [-0.39, 0.29) is 38.1 Å². The fourth-order valence-electron chi connectivity index (χ4n) is 7.50. The van der Waals surface area contributed by atoms with Gasteiger partial charge < -0.3 is 15.3 Å². The highest BCUT2D eigenvalue weighted by atomic mass is 16.4. The monoisotopic (exact) mass is 560 g/mol. The molecule has 2 aliphatic heterocycles. The Labute approximate surface area is 234 Å². The predicted molar refractivity (Wildman–Crippen MR) is 141 cm³/mol. The summed E-state index contributed by atoms with van der Waals surface area (Å²) >= 11 is 0. The third-order valence-electron chi connectivity index (χ3n) is 9.20. The van der Waals surface area contributed by atoms with E-state index in [1.165, 1.54) is 6.07 Å². The average molecular weight is 561 g/mol. The van der Waals surface area contributed by atoms with E-state index >= 15 is 0 Å². The van der Waals surface area contributed by atoms with Gasteiger partial charge in [-0.1, -0.05) is 42.0 Å². The number of allylic oxidation sites excluding steroid dienone is 2. The van der Waals surface area contributed by atoms with Crippen LogP contribution in [-0.2, 0) is 28.8 Å². The number of carbonyl (C=O) groups excluding carboxylic acids is 4. The van der Waals surface area contributed by atoms with E-state index in [0.717, 1.165) is 15.4 Å². The molecule has 0 bridgehead atoms. The average Bonchev–Trinajstić information content (AvgIpc) is 3.33. The Kier molecular flexibility index (Phi) is 6.39. The molecule has 0 aromatic heterocycles. The lowest BCUT2D eigenvalue weighted by molar-refractivity contribution is -0.145. The number of phenols is 1. The molecule has 4 amide bonds. The Morgan fingerprint density at radius 1 is 0.732 bits per heavy atom. The van der Waals surface area contributed by atoms with E-state index in [2.05, 4.69) is 0 Å². The molecule has 2 aromatic rings. The Bertz CT molecular complexity index is 1560. The van der Waals surface area contributed by atoms with Crippen molar-refractivity contribution in [2.45, 2.75) is 31.6 Å². The SMILES string of the molecule is O=C(O)CCN1C(=O)[C@H]2[C@H](CC=C3[C@H]2C[C@H]2C(=O)N(CCC(=O)O)C(=O)[C@H]2[C@H]3c2ccc(O)c3ccccc23)C1=O. The lowest BCUT2D eigenvalue weighted by atomic mass is 9.57. The summed E-state index contributed by atoms with van der Waals surface area (Å²) in [5, 5.41) is 30.1. The van der Waals surface area contributed by atoms with E-state index in [0.29, 0.717) is 16.3 Å². The Balaban J connectivity index is 1.47. The molecular weight excluding hydrogens is 532 g/mol. The largest absolute Gasteiger partial charge is 0.507 e. The molecule has 3 fully saturated rings. The molecule has 4 aliphatic rings. The van der Waals surface area contributed by atoms with Crippen LogP contribution in [0.1, 0.15) is 37.2 Å². The second-order valence-corrected chi connectivity index (χ2v) is 11.2. The standard InChI is InChI=1S/C30H28N2O9/c33-21-8-7-16(14-3-1-2-4-15(14)21)24-17-5-6-18-25(29(40)31(27(18)38)11-9-22(34)35)19(17)13-20-26(24)30(41)32(28(20)39)12-10-23(36)37/h1-5,7-8,18-20,24-26,33H,6,9-13H2,(H,34,35)(H,36,37)/t18-,19+,20+,24-,25-,26+/m0/s1. The van der Waals surface area contributed by atoms with Crippen molar-refractivity contribution >= 4 is 46.3 Å². The highest BCUT2D eigenvalue weighted by Gasteiger charge is 2.61. The summed E-state index contributed by atoms with van der Waals surface area (Å²) in [5.41, 5.74) is 1.47. The molecule has 3 N–H and O–H groups in total. The fraction of sp³-hybridized carbons (Fsp3) is 0.400. The van der Waals surface area contributed by atoms with Crippen LogP contribution >= 0.6 is 0 Å². The lowest BCUT2D eigenvalue weighted by Crippen LogP contribution is -2.43. The van der Waals surface area contributed by atoms with Crippen LogP contribution in [0.15, 0.2) is 48.0 Å². The molecule has 11 heteroatoms. The summed E-state index contributed by atoms with van der Waals surface area (Å²) < 4.78 is 0. The Morgan fingerprint density at radius 3 is 1.95 bits per heavy atom. The Hall–Kier alpha value is -4.54. The molecule has 41 heavy (non-hydrogen) atoms. The summed E-state index contributed by atoms with van der Waals surface area (Å²) in [6.07, 6.45) is 1.49. The minimum absolute atomic E-state index is 0.0495. The number of imide groups is 2.